The summed E-state index contributed by atoms with van der Waals surface area (Å²) in [5.74, 6) is -12.5. The molecule has 0 radical (unpaired) electrons. The van der Waals surface area contributed by atoms with Crippen molar-refractivity contribution >= 4 is 40.6 Å². The van der Waals surface area contributed by atoms with Gasteiger partial charge < -0.3 is 21.1 Å². The molecule has 0 saturated heterocycles. The van der Waals surface area contributed by atoms with Gasteiger partial charge in [0.05, 0.1) is 23.1 Å². The first-order valence-electron chi connectivity index (χ1n) is 10.3. The van der Waals surface area contributed by atoms with Crippen LogP contribution in [0.25, 0.3) is 0 Å². The predicted molar refractivity (Wildman–Crippen MR) is 112 cm³/mol. The van der Waals surface area contributed by atoms with Gasteiger partial charge in [-0.05, 0) is 39.6 Å². The Labute approximate surface area is 193 Å². The van der Waals surface area contributed by atoms with Crippen molar-refractivity contribution < 1.29 is 39.3 Å². The highest BCUT2D eigenvalue weighted by atomic mass is 35.5. The number of nitrogens with two attached hydrogens (primary N) is 1. The number of hydrogen-bond acceptors (Lipinski definition) is 9. The molecule has 33 heavy (non-hydrogen) atoms. The first-order valence-corrected chi connectivity index (χ1v) is 10.7. The van der Waals surface area contributed by atoms with Crippen molar-refractivity contribution in [2.24, 2.45) is 29.4 Å². The monoisotopic (exact) mass is 478 g/mol. The van der Waals surface area contributed by atoms with Crippen molar-refractivity contribution in [3.05, 3.63) is 28.3 Å². The summed E-state index contributed by atoms with van der Waals surface area (Å²) in [6, 6.07) is 1.17. The van der Waals surface area contributed by atoms with E-state index in [4.69, 9.17) is 17.3 Å². The van der Waals surface area contributed by atoms with Crippen LogP contribution < -0.4 is 5.73 Å². The van der Waals surface area contributed by atoms with Crippen LogP contribution in [0.3, 0.4) is 0 Å². The second-order valence-electron chi connectivity index (χ2n) is 9.40. The smallest absolute Gasteiger partial charge is 0.235 e. The third-order valence-electron chi connectivity index (χ3n) is 7.43. The molecule has 0 spiro atoms. The second-order valence-corrected chi connectivity index (χ2v) is 9.80. The van der Waals surface area contributed by atoms with Crippen LogP contribution in [0.4, 0.5) is 0 Å². The molecule has 1 aromatic carbocycles. The number of aliphatic hydroxyl groups is 2. The van der Waals surface area contributed by atoms with E-state index >= 15 is 0 Å². The number of halogens is 1. The van der Waals surface area contributed by atoms with Gasteiger partial charge in [0.2, 0.25) is 5.91 Å². The molecule has 0 heterocycles. The molecule has 3 aliphatic carbocycles. The summed E-state index contributed by atoms with van der Waals surface area (Å²) < 4.78 is 0. The van der Waals surface area contributed by atoms with Gasteiger partial charge in [-0.2, -0.15) is 0 Å². The van der Waals surface area contributed by atoms with Crippen LogP contribution in [-0.2, 0) is 24.8 Å². The predicted octanol–water partition coefficient (Wildman–Crippen LogP) is -0.815. The molecule has 2 saturated carbocycles. The van der Waals surface area contributed by atoms with E-state index in [1.807, 2.05) is 0 Å². The summed E-state index contributed by atoms with van der Waals surface area (Å²) in [4.78, 5) is 66.6. The Morgan fingerprint density at radius 1 is 1.12 bits per heavy atom. The maximum atomic E-state index is 13.7. The van der Waals surface area contributed by atoms with Crippen molar-refractivity contribution in [1.29, 1.82) is 0 Å². The van der Waals surface area contributed by atoms with Gasteiger partial charge in [0.25, 0.3) is 0 Å². The van der Waals surface area contributed by atoms with Gasteiger partial charge in [-0.25, -0.2) is 0 Å². The van der Waals surface area contributed by atoms with Gasteiger partial charge in [0, 0.05) is 22.4 Å². The number of nitrogens with zero attached hydrogens (tertiary/aromatic N) is 1. The van der Waals surface area contributed by atoms with Crippen molar-refractivity contribution in [3.63, 3.8) is 0 Å². The fourth-order valence-corrected chi connectivity index (χ4v) is 6.30. The standard InChI is InChI=1S/C22H23ClN2O8/c1-21(32)7-6-8-15(25(2)3)17(28)13(20(24)31)19(30)22(8,33)18(29)11(7)16(27)12-10(26)5-4-9(23)14(12)21/h4-5,7-8,11,13,15,26,32-33H,6H2,1-3H3,(H2,24,31)/t7-,8-,11?,13?,15-,21+,22+/m0/s1. The number of benzene rings is 1. The van der Waals surface area contributed by atoms with Crippen LogP contribution in [-0.4, -0.2) is 75.0 Å². The van der Waals surface area contributed by atoms with E-state index in [2.05, 4.69) is 0 Å². The summed E-state index contributed by atoms with van der Waals surface area (Å²) >= 11 is 6.25. The third kappa shape index (κ3) is 2.81. The lowest BCUT2D eigenvalue weighted by Crippen LogP contribution is -2.75. The number of aromatic hydroxyl groups is 1. The van der Waals surface area contributed by atoms with Gasteiger partial charge in [-0.1, -0.05) is 11.6 Å². The fraction of sp³-hybridized carbons (Fsp3) is 0.500. The number of hydrogen-bond donors (Lipinski definition) is 4. The quantitative estimate of drug-likeness (QED) is 0.396. The summed E-state index contributed by atoms with van der Waals surface area (Å²) in [7, 11) is 2.95. The molecule has 4 rings (SSSR count). The van der Waals surface area contributed by atoms with Crippen LogP contribution in [0.5, 0.6) is 5.75 Å². The highest BCUT2D eigenvalue weighted by Crippen LogP contribution is 2.56. The minimum absolute atomic E-state index is 0.0124. The maximum Gasteiger partial charge on any atom is 0.235 e. The zero-order chi connectivity index (χ0) is 24.8. The van der Waals surface area contributed by atoms with Crippen LogP contribution in [0.15, 0.2) is 12.1 Å². The lowest BCUT2D eigenvalue weighted by molar-refractivity contribution is -0.188. The number of rotatable bonds is 2. The van der Waals surface area contributed by atoms with Crippen molar-refractivity contribution in [2.75, 3.05) is 14.1 Å². The average Bonchev–Trinajstić information content (AvgIpc) is 2.69. The Bertz CT molecular complexity index is 1150. The average molecular weight is 479 g/mol. The number of likely N-dealkylation sites (N-methyl/N-ethyl adjacent to an activating group) is 1. The van der Waals surface area contributed by atoms with E-state index in [9.17, 15) is 39.3 Å². The van der Waals surface area contributed by atoms with E-state index in [1.165, 1.54) is 32.0 Å². The Morgan fingerprint density at radius 3 is 2.27 bits per heavy atom. The first kappa shape index (κ1) is 23.5. The molecule has 1 amide bonds. The molecule has 176 valence electrons. The van der Waals surface area contributed by atoms with E-state index in [0.29, 0.717) is 0 Å². The normalized spacial score (nSPS) is 38.1. The zero-order valence-corrected chi connectivity index (χ0v) is 18.8. The van der Waals surface area contributed by atoms with Crippen molar-refractivity contribution in [3.8, 4) is 5.75 Å². The molecule has 0 aromatic heterocycles. The molecule has 10 nitrogen and oxygen atoms in total. The minimum atomic E-state index is -2.86. The van der Waals surface area contributed by atoms with E-state index in [1.54, 1.807) is 0 Å². The van der Waals surface area contributed by atoms with Gasteiger partial charge in [0.1, 0.15) is 5.75 Å². The number of primary amides is 1. The third-order valence-corrected chi connectivity index (χ3v) is 7.75. The number of fused-ring (bicyclic) bond motifs is 3. The zero-order valence-electron chi connectivity index (χ0n) is 18.0. The largest absolute Gasteiger partial charge is 0.507 e. The lowest BCUT2D eigenvalue weighted by atomic mass is 9.49. The maximum absolute atomic E-state index is 13.7. The van der Waals surface area contributed by atoms with Gasteiger partial charge in [0.15, 0.2) is 34.7 Å². The molecule has 2 unspecified atom stereocenters. The molecule has 3 aliphatic rings. The molecule has 1 aromatic rings. The Kier molecular flexibility index (Phi) is 5.10. The molecule has 0 bridgehead atoms. The lowest BCUT2D eigenvalue weighted by Gasteiger charge is -2.55. The van der Waals surface area contributed by atoms with Crippen LogP contribution in [0, 0.1) is 23.7 Å². The molecule has 7 atom stereocenters. The van der Waals surface area contributed by atoms with E-state index in [0.717, 1.165) is 6.07 Å². The SMILES string of the molecule is CN(C)[C@@H]1C(=O)C(C(N)=O)C(=O)[C@]2(O)C(=O)C3C(=O)c4c(O)ccc(Cl)c4[C@](C)(O)[C@H]3C[C@@H]12. The minimum Gasteiger partial charge on any atom is -0.507 e. The molecule has 11 heteroatoms. The van der Waals surface area contributed by atoms with Gasteiger partial charge in [-0.15, -0.1) is 0 Å². The molecular weight excluding hydrogens is 456 g/mol. The molecule has 0 aliphatic heterocycles. The molecule has 5 N–H and O–H groups in total. The summed E-state index contributed by atoms with van der Waals surface area (Å²) in [5, 5.41) is 33.3. The summed E-state index contributed by atoms with van der Waals surface area (Å²) in [5.41, 5.74) is 0.0293. The number of phenolic OH excluding ortho intramolecular Hbond substituents is 1. The fourth-order valence-electron chi connectivity index (χ4n) is 5.95. The second kappa shape index (κ2) is 7.17. The molecular formula is C22H23ClN2O8. The highest BCUT2D eigenvalue weighted by Gasteiger charge is 2.71. The Hall–Kier alpha value is -2.66. The van der Waals surface area contributed by atoms with Gasteiger partial charge >= 0.3 is 0 Å². The van der Waals surface area contributed by atoms with Crippen molar-refractivity contribution in [2.45, 2.75) is 30.6 Å². The summed E-state index contributed by atoms with van der Waals surface area (Å²) in [6.07, 6.45) is -0.289. The number of carbonyl (C=O) groups excluding carboxylic acids is 5. The number of amides is 1. The van der Waals surface area contributed by atoms with Crippen LogP contribution >= 0.6 is 11.6 Å². The first-order chi connectivity index (χ1) is 15.2. The molecule has 2 fully saturated rings. The Balaban J connectivity index is 1.97. The topological polar surface area (TPSA) is 175 Å². The number of phenols is 1. The summed E-state index contributed by atoms with van der Waals surface area (Å²) in [6.45, 7) is 1.32. The van der Waals surface area contributed by atoms with Crippen molar-refractivity contribution in [1.82, 2.24) is 4.90 Å². The van der Waals surface area contributed by atoms with Crippen LogP contribution in [0.1, 0.15) is 29.3 Å². The Morgan fingerprint density at radius 2 is 1.73 bits per heavy atom. The highest BCUT2D eigenvalue weighted by molar-refractivity contribution is 6.34. The van der Waals surface area contributed by atoms with E-state index in [-0.39, 0.29) is 22.6 Å². The van der Waals surface area contributed by atoms with Gasteiger partial charge in [-0.3, -0.25) is 28.9 Å². The van der Waals surface area contributed by atoms with E-state index < -0.39 is 75.7 Å². The number of Topliss-reactive ketones (excluding diaryl/α,β-unsaturated/α-hetero) is 4. The van der Waals surface area contributed by atoms with Crippen LogP contribution in [0.2, 0.25) is 5.02 Å². The number of ketones is 4. The number of carbonyl (C=O) groups is 5.